The van der Waals surface area contributed by atoms with Crippen molar-refractivity contribution in [1.82, 2.24) is 20.1 Å². The van der Waals surface area contributed by atoms with E-state index < -0.39 is 0 Å². The first-order valence-corrected chi connectivity index (χ1v) is 11.8. The summed E-state index contributed by atoms with van der Waals surface area (Å²) in [6, 6.07) is 16.9. The van der Waals surface area contributed by atoms with Crippen LogP contribution in [0.2, 0.25) is 0 Å². The van der Waals surface area contributed by atoms with Gasteiger partial charge in [0.15, 0.2) is 0 Å². The zero-order chi connectivity index (χ0) is 21.8. The van der Waals surface area contributed by atoms with E-state index in [0.717, 1.165) is 42.5 Å². The summed E-state index contributed by atoms with van der Waals surface area (Å²) >= 11 is 3.54. The molecular weight excluding hydrogens is 452 g/mol. The summed E-state index contributed by atoms with van der Waals surface area (Å²) in [5.74, 6) is 0.245. The minimum atomic E-state index is 0.0138. The van der Waals surface area contributed by atoms with E-state index >= 15 is 0 Å². The van der Waals surface area contributed by atoms with E-state index in [1.54, 1.807) is 0 Å². The van der Waals surface area contributed by atoms with Crippen molar-refractivity contribution in [2.75, 3.05) is 33.7 Å². The standard InChI is InChI=1S/C25H31BrN4O/c1-29(2)25(20-6-4-3-5-7-20)11-14-30(15-12-25)24(31)10-13-27-17-19-18-28-23-9-8-21(26)16-22(19)23/h3-9,16,18,27-28H,10-15,17H2,1-2H3. The summed E-state index contributed by atoms with van der Waals surface area (Å²) in [6.45, 7) is 3.06. The molecule has 1 fully saturated rings. The highest BCUT2D eigenvalue weighted by atomic mass is 79.9. The molecule has 164 valence electrons. The maximum absolute atomic E-state index is 12.8. The fourth-order valence-electron chi connectivity index (χ4n) is 4.74. The van der Waals surface area contributed by atoms with Gasteiger partial charge in [0.05, 0.1) is 0 Å². The lowest BCUT2D eigenvalue weighted by Crippen LogP contribution is -2.52. The summed E-state index contributed by atoms with van der Waals surface area (Å²) in [5, 5.41) is 4.65. The maximum Gasteiger partial charge on any atom is 0.223 e. The number of carbonyl (C=O) groups excluding carboxylic acids is 1. The predicted octanol–water partition coefficient (Wildman–Crippen LogP) is 4.49. The van der Waals surface area contributed by atoms with Gasteiger partial charge in [0.25, 0.3) is 0 Å². The second-order valence-electron chi connectivity index (χ2n) is 8.60. The highest BCUT2D eigenvalue weighted by molar-refractivity contribution is 9.10. The molecule has 2 heterocycles. The third kappa shape index (κ3) is 4.71. The van der Waals surface area contributed by atoms with Crippen LogP contribution in [-0.4, -0.2) is 54.4 Å². The van der Waals surface area contributed by atoms with Gasteiger partial charge in [0.1, 0.15) is 0 Å². The molecule has 1 aliphatic heterocycles. The molecule has 0 bridgehead atoms. The second-order valence-corrected chi connectivity index (χ2v) is 9.52. The van der Waals surface area contributed by atoms with Crippen LogP contribution in [0.4, 0.5) is 0 Å². The van der Waals surface area contributed by atoms with Crippen LogP contribution in [-0.2, 0) is 16.9 Å². The average molecular weight is 483 g/mol. The summed E-state index contributed by atoms with van der Waals surface area (Å²) < 4.78 is 1.07. The molecule has 0 spiro atoms. The minimum absolute atomic E-state index is 0.0138. The molecule has 4 rings (SSSR count). The molecule has 31 heavy (non-hydrogen) atoms. The number of hydrogen-bond acceptors (Lipinski definition) is 3. The van der Waals surface area contributed by atoms with Crippen molar-refractivity contribution in [2.45, 2.75) is 31.3 Å². The molecule has 6 heteroatoms. The van der Waals surface area contributed by atoms with Crippen LogP contribution in [0.25, 0.3) is 10.9 Å². The zero-order valence-electron chi connectivity index (χ0n) is 18.3. The molecule has 1 amide bonds. The van der Waals surface area contributed by atoms with Gasteiger partial charge in [-0.2, -0.15) is 0 Å². The molecule has 1 aromatic heterocycles. The molecule has 2 aromatic carbocycles. The Morgan fingerprint density at radius 2 is 1.90 bits per heavy atom. The van der Waals surface area contributed by atoms with Crippen molar-refractivity contribution in [3.8, 4) is 0 Å². The molecule has 0 unspecified atom stereocenters. The topological polar surface area (TPSA) is 51.4 Å². The fraction of sp³-hybridized carbons (Fsp3) is 0.400. The van der Waals surface area contributed by atoms with Gasteiger partial charge in [-0.1, -0.05) is 46.3 Å². The number of nitrogens with one attached hydrogen (secondary N) is 2. The molecule has 1 aliphatic rings. The quantitative estimate of drug-likeness (QED) is 0.487. The van der Waals surface area contributed by atoms with Crippen molar-refractivity contribution in [1.29, 1.82) is 0 Å². The number of benzene rings is 2. The molecule has 5 nitrogen and oxygen atoms in total. The van der Waals surface area contributed by atoms with Gasteiger partial charge < -0.3 is 15.2 Å². The Balaban J connectivity index is 1.28. The number of amides is 1. The third-order valence-electron chi connectivity index (χ3n) is 6.67. The normalized spacial score (nSPS) is 16.2. The first kappa shape index (κ1) is 22.1. The van der Waals surface area contributed by atoms with Crippen LogP contribution in [0.5, 0.6) is 0 Å². The van der Waals surface area contributed by atoms with Crippen LogP contribution in [0.3, 0.4) is 0 Å². The maximum atomic E-state index is 12.8. The highest BCUT2D eigenvalue weighted by Gasteiger charge is 2.38. The molecule has 0 saturated carbocycles. The van der Waals surface area contributed by atoms with E-state index in [1.807, 2.05) is 17.2 Å². The zero-order valence-corrected chi connectivity index (χ0v) is 19.9. The van der Waals surface area contributed by atoms with E-state index in [2.05, 4.69) is 87.7 Å². The van der Waals surface area contributed by atoms with Gasteiger partial charge in [0, 0.05) is 59.7 Å². The van der Waals surface area contributed by atoms with Gasteiger partial charge in [0.2, 0.25) is 5.91 Å². The number of hydrogen-bond donors (Lipinski definition) is 2. The lowest BCUT2D eigenvalue weighted by Gasteiger charge is -2.46. The Kier molecular flexibility index (Phi) is 6.80. The number of likely N-dealkylation sites (tertiary alicyclic amines) is 1. The monoisotopic (exact) mass is 482 g/mol. The minimum Gasteiger partial charge on any atom is -0.361 e. The molecule has 0 atom stereocenters. The van der Waals surface area contributed by atoms with Gasteiger partial charge >= 0.3 is 0 Å². The van der Waals surface area contributed by atoms with Crippen molar-refractivity contribution in [3.05, 3.63) is 70.3 Å². The van der Waals surface area contributed by atoms with E-state index in [9.17, 15) is 4.79 Å². The van der Waals surface area contributed by atoms with Crippen molar-refractivity contribution >= 4 is 32.7 Å². The van der Waals surface area contributed by atoms with Gasteiger partial charge in [-0.15, -0.1) is 0 Å². The first-order valence-electron chi connectivity index (χ1n) is 11.0. The van der Waals surface area contributed by atoms with Gasteiger partial charge in [-0.25, -0.2) is 0 Å². The Labute approximate surface area is 192 Å². The number of rotatable bonds is 7. The molecule has 3 aromatic rings. The van der Waals surface area contributed by atoms with Gasteiger partial charge in [-0.3, -0.25) is 9.69 Å². The SMILES string of the molecule is CN(C)C1(c2ccccc2)CCN(C(=O)CCNCc2c[nH]c3ccc(Br)cc23)CC1. The van der Waals surface area contributed by atoms with Crippen LogP contribution >= 0.6 is 15.9 Å². The number of carbonyl (C=O) groups is 1. The van der Waals surface area contributed by atoms with Crippen LogP contribution in [0, 0.1) is 0 Å². The number of nitrogens with zero attached hydrogens (tertiary/aromatic N) is 2. The van der Waals surface area contributed by atoms with Crippen molar-refractivity contribution in [3.63, 3.8) is 0 Å². The van der Waals surface area contributed by atoms with Gasteiger partial charge in [-0.05, 0) is 56.3 Å². The van der Waals surface area contributed by atoms with E-state index in [1.165, 1.54) is 16.5 Å². The van der Waals surface area contributed by atoms with E-state index in [-0.39, 0.29) is 11.4 Å². The van der Waals surface area contributed by atoms with E-state index in [0.29, 0.717) is 13.0 Å². The summed E-state index contributed by atoms with van der Waals surface area (Å²) in [4.78, 5) is 20.5. The number of H-pyrrole nitrogens is 1. The smallest absolute Gasteiger partial charge is 0.223 e. The highest BCUT2D eigenvalue weighted by Crippen LogP contribution is 2.37. The lowest BCUT2D eigenvalue weighted by molar-refractivity contribution is -0.133. The summed E-state index contributed by atoms with van der Waals surface area (Å²) in [7, 11) is 4.30. The third-order valence-corrected chi connectivity index (χ3v) is 7.16. The molecule has 2 N–H and O–H groups in total. The number of aromatic amines is 1. The number of aromatic nitrogens is 1. The molecule has 0 radical (unpaired) electrons. The number of fused-ring (bicyclic) bond motifs is 1. The molecular formula is C25H31BrN4O. The average Bonchev–Trinajstić information content (AvgIpc) is 3.19. The van der Waals surface area contributed by atoms with Crippen LogP contribution < -0.4 is 5.32 Å². The fourth-order valence-corrected chi connectivity index (χ4v) is 5.10. The Bertz CT molecular complexity index is 1020. The number of piperidine rings is 1. The molecule has 0 aliphatic carbocycles. The first-order chi connectivity index (χ1) is 15.0. The Morgan fingerprint density at radius 3 is 2.61 bits per heavy atom. The predicted molar refractivity (Wildman–Crippen MR) is 130 cm³/mol. The lowest BCUT2D eigenvalue weighted by atomic mass is 9.79. The summed E-state index contributed by atoms with van der Waals surface area (Å²) in [6.07, 6.45) is 4.51. The number of halogens is 1. The Morgan fingerprint density at radius 1 is 1.16 bits per heavy atom. The van der Waals surface area contributed by atoms with Crippen molar-refractivity contribution < 1.29 is 4.79 Å². The Hall–Kier alpha value is -2.15. The summed E-state index contributed by atoms with van der Waals surface area (Å²) in [5.41, 5.74) is 3.71. The van der Waals surface area contributed by atoms with E-state index in [4.69, 9.17) is 0 Å². The molecule has 1 saturated heterocycles. The van der Waals surface area contributed by atoms with Crippen molar-refractivity contribution in [2.24, 2.45) is 0 Å². The van der Waals surface area contributed by atoms with Crippen LogP contribution in [0.15, 0.2) is 59.2 Å². The second kappa shape index (κ2) is 9.55. The van der Waals surface area contributed by atoms with Crippen LogP contribution in [0.1, 0.15) is 30.4 Å². The largest absolute Gasteiger partial charge is 0.361 e.